The van der Waals surface area contributed by atoms with E-state index in [0.29, 0.717) is 5.69 Å². The third-order valence-corrected chi connectivity index (χ3v) is 1.93. The van der Waals surface area contributed by atoms with Gasteiger partial charge in [-0.3, -0.25) is 4.79 Å². The van der Waals surface area contributed by atoms with Crippen LogP contribution in [0, 0.1) is 13.5 Å². The molecule has 2 rings (SSSR count). The van der Waals surface area contributed by atoms with Gasteiger partial charge in [-0.25, -0.2) is 0 Å². The molecule has 0 radical (unpaired) electrons. The van der Waals surface area contributed by atoms with Crippen LogP contribution in [0.1, 0.15) is 6.92 Å². The molecule has 0 aromatic heterocycles. The van der Waals surface area contributed by atoms with Gasteiger partial charge in [0.25, 0.3) is 5.97 Å². The van der Waals surface area contributed by atoms with Gasteiger partial charge in [0.1, 0.15) is 0 Å². The number of carbonyl (C=O) groups is 1. The maximum Gasteiger partial charge on any atom is 0.300 e. The zero-order valence-corrected chi connectivity index (χ0v) is 12.3. The summed E-state index contributed by atoms with van der Waals surface area (Å²) >= 11 is 0. The molecule has 3 nitrogen and oxygen atoms in total. The van der Waals surface area contributed by atoms with Crippen molar-refractivity contribution in [2.45, 2.75) is 6.92 Å². The van der Waals surface area contributed by atoms with Crippen molar-refractivity contribution >= 4 is 11.7 Å². The molecule has 19 heavy (non-hydrogen) atoms. The molecule has 0 saturated carbocycles. The molecule has 0 unspecified atom stereocenters. The maximum absolute atomic E-state index is 9.00. The van der Waals surface area contributed by atoms with Crippen LogP contribution in [0.5, 0.6) is 0 Å². The van der Waals surface area contributed by atoms with E-state index >= 15 is 0 Å². The van der Waals surface area contributed by atoms with Gasteiger partial charge in [0, 0.05) is 27.3 Å². The summed E-state index contributed by atoms with van der Waals surface area (Å²) < 4.78 is 0. The van der Waals surface area contributed by atoms with Gasteiger partial charge in [-0.15, -0.1) is 41.5 Å². The molecule has 0 aliphatic carbocycles. The van der Waals surface area contributed by atoms with Crippen molar-refractivity contribution in [3.8, 4) is 11.1 Å². The first kappa shape index (κ1) is 19.7. The van der Waals surface area contributed by atoms with Crippen molar-refractivity contribution in [2.75, 3.05) is 0 Å². The molecule has 4 heteroatoms. The largest absolute Gasteiger partial charge is 0.706 e. The Balaban J connectivity index is 0. The minimum Gasteiger partial charge on any atom is -0.706 e. The predicted molar refractivity (Wildman–Crippen MR) is 74.4 cm³/mol. The Morgan fingerprint density at radius 1 is 1.16 bits per heavy atom. The molecule has 0 bridgehead atoms. The van der Waals surface area contributed by atoms with E-state index in [0.717, 1.165) is 18.1 Å². The number of carboxylic acids is 1. The van der Waals surface area contributed by atoms with E-state index in [2.05, 4.69) is 6.07 Å². The first-order valence-electron chi connectivity index (χ1n) is 5.08. The Bertz CT molecular complexity index is 483. The molecule has 0 aliphatic rings. The fraction of sp³-hybridized carbons (Fsp3) is 0.0667. The number of carboxylic acid groups (broad SMARTS) is 1. The van der Waals surface area contributed by atoms with Crippen molar-refractivity contribution in [2.24, 2.45) is 0 Å². The molecule has 0 aliphatic heterocycles. The van der Waals surface area contributed by atoms with Crippen LogP contribution in [-0.2, 0) is 25.2 Å². The van der Waals surface area contributed by atoms with Crippen LogP contribution in [0.4, 0.5) is 5.69 Å². The van der Waals surface area contributed by atoms with Gasteiger partial charge in [-0.1, -0.05) is 24.3 Å². The van der Waals surface area contributed by atoms with Crippen molar-refractivity contribution < 1.29 is 30.3 Å². The Kier molecular flexibility index (Phi) is 10.7. The summed E-state index contributed by atoms with van der Waals surface area (Å²) in [6.07, 6.45) is 0. The van der Waals surface area contributed by atoms with E-state index in [-0.39, 0.29) is 27.8 Å². The second kappa shape index (κ2) is 10.3. The van der Waals surface area contributed by atoms with Crippen LogP contribution in [0.3, 0.4) is 0 Å². The Labute approximate surface area is 128 Å². The SMILES string of the molecule is CC(=O)O.[CH3-].[NH-]c1ccccc1-c1[c-]cccc1.[Pd]. The molecule has 0 heterocycles. The fourth-order valence-corrected chi connectivity index (χ4v) is 1.28. The van der Waals surface area contributed by atoms with Gasteiger partial charge in [-0.2, -0.15) is 5.69 Å². The van der Waals surface area contributed by atoms with Gasteiger partial charge < -0.3 is 18.3 Å². The number of benzene rings is 2. The predicted octanol–water partition coefficient (Wildman–Crippen LogP) is 4.38. The second-order valence-corrected chi connectivity index (χ2v) is 3.34. The third kappa shape index (κ3) is 7.40. The number of nitrogens with one attached hydrogen (secondary N) is 1. The van der Waals surface area contributed by atoms with Gasteiger partial charge in [0.05, 0.1) is 0 Å². The molecule has 2 aromatic carbocycles. The molecule has 0 spiro atoms. The Morgan fingerprint density at radius 3 is 2.16 bits per heavy atom. The van der Waals surface area contributed by atoms with E-state index in [9.17, 15) is 0 Å². The number of hydrogen-bond donors (Lipinski definition) is 1. The molecule has 0 amide bonds. The summed E-state index contributed by atoms with van der Waals surface area (Å²) in [4.78, 5) is 9.00. The zero-order valence-electron chi connectivity index (χ0n) is 10.8. The number of rotatable bonds is 1. The summed E-state index contributed by atoms with van der Waals surface area (Å²) in [5.74, 6) is -0.833. The summed E-state index contributed by atoms with van der Waals surface area (Å²) in [5, 5.41) is 7.42. The van der Waals surface area contributed by atoms with Crippen molar-refractivity contribution in [1.29, 1.82) is 0 Å². The molecule has 2 aromatic rings. The quantitative estimate of drug-likeness (QED) is 0.614. The van der Waals surface area contributed by atoms with E-state index in [4.69, 9.17) is 15.6 Å². The van der Waals surface area contributed by atoms with Crippen LogP contribution in [0.25, 0.3) is 16.9 Å². The smallest absolute Gasteiger partial charge is 0.300 e. The monoisotopic (exact) mass is 348 g/mol. The van der Waals surface area contributed by atoms with Gasteiger partial charge in [0.2, 0.25) is 0 Å². The average molecular weight is 349 g/mol. The third-order valence-electron chi connectivity index (χ3n) is 1.93. The van der Waals surface area contributed by atoms with Gasteiger partial charge in [-0.05, 0) is 0 Å². The minimum atomic E-state index is -0.833. The van der Waals surface area contributed by atoms with Crippen LogP contribution in [0.2, 0.25) is 0 Å². The Hall–Kier alpha value is -1.63. The molecular formula is C15H16NO2Pd-3. The molecule has 0 fully saturated rings. The normalized spacial score (nSPS) is 8.05. The molecule has 106 valence electrons. The molecule has 0 atom stereocenters. The minimum absolute atomic E-state index is 0. The zero-order chi connectivity index (χ0) is 12.7. The van der Waals surface area contributed by atoms with E-state index < -0.39 is 5.97 Å². The van der Waals surface area contributed by atoms with Crippen molar-refractivity contribution in [1.82, 2.24) is 0 Å². The standard InChI is InChI=1S/C12H9N.C2H4O2.CH3.Pd/c13-12-9-5-4-8-11(12)10-6-2-1-3-7-10;1-2(3)4;;/h1-6,8-9,13H;1H3,(H,3,4);1H3;/q-2;;-1;. The first-order chi connectivity index (χ1) is 8.11. The van der Waals surface area contributed by atoms with Crippen LogP contribution >= 0.6 is 0 Å². The number of hydrogen-bond acceptors (Lipinski definition) is 1. The van der Waals surface area contributed by atoms with Crippen LogP contribution in [0.15, 0.2) is 48.5 Å². The Morgan fingerprint density at radius 2 is 1.68 bits per heavy atom. The van der Waals surface area contributed by atoms with Gasteiger partial charge in [0.15, 0.2) is 0 Å². The molecular weight excluding hydrogens is 333 g/mol. The van der Waals surface area contributed by atoms with Crippen molar-refractivity contribution in [3.63, 3.8) is 0 Å². The maximum atomic E-state index is 9.00. The van der Waals surface area contributed by atoms with E-state index in [1.165, 1.54) is 0 Å². The summed E-state index contributed by atoms with van der Waals surface area (Å²) in [5.41, 5.74) is 10.1. The van der Waals surface area contributed by atoms with E-state index in [1.54, 1.807) is 6.07 Å². The topological polar surface area (TPSA) is 61.1 Å². The number of aliphatic carboxylic acids is 1. The summed E-state index contributed by atoms with van der Waals surface area (Å²) in [7, 11) is 0. The second-order valence-electron chi connectivity index (χ2n) is 3.34. The fourth-order valence-electron chi connectivity index (χ4n) is 1.28. The molecule has 2 N–H and O–H groups in total. The van der Waals surface area contributed by atoms with Crippen molar-refractivity contribution in [3.05, 3.63) is 67.8 Å². The summed E-state index contributed by atoms with van der Waals surface area (Å²) in [6, 6.07) is 18.4. The molecule has 0 saturated heterocycles. The van der Waals surface area contributed by atoms with Crippen LogP contribution in [-0.4, -0.2) is 11.1 Å². The van der Waals surface area contributed by atoms with Gasteiger partial charge >= 0.3 is 0 Å². The summed E-state index contributed by atoms with van der Waals surface area (Å²) in [6.45, 7) is 1.08. The van der Waals surface area contributed by atoms with Crippen LogP contribution < -0.4 is 0 Å². The first-order valence-corrected chi connectivity index (χ1v) is 5.08. The average Bonchev–Trinajstić information content (AvgIpc) is 2.30. The van der Waals surface area contributed by atoms with E-state index in [1.807, 2.05) is 42.5 Å².